The van der Waals surface area contributed by atoms with Crippen molar-refractivity contribution in [1.82, 2.24) is 9.78 Å². The maximum absolute atomic E-state index is 11.4. The number of carbonyl (C=O) groups excluding carboxylic acids is 1. The summed E-state index contributed by atoms with van der Waals surface area (Å²) in [6.07, 6.45) is 3.23. The fraction of sp³-hybridized carbons (Fsp3) is 0.636. The molecule has 0 radical (unpaired) electrons. The number of nitrogens with zero attached hydrogens (tertiary/aromatic N) is 2. The molecule has 0 saturated carbocycles. The van der Waals surface area contributed by atoms with Gasteiger partial charge in [0.15, 0.2) is 0 Å². The van der Waals surface area contributed by atoms with Crippen LogP contribution in [0.4, 0.5) is 0 Å². The van der Waals surface area contributed by atoms with Crippen LogP contribution in [0.1, 0.15) is 32.9 Å². The van der Waals surface area contributed by atoms with E-state index in [1.54, 1.807) is 6.20 Å². The first-order valence-electron chi connectivity index (χ1n) is 5.18. The summed E-state index contributed by atoms with van der Waals surface area (Å²) in [5, 5.41) is 4.16. The van der Waals surface area contributed by atoms with Gasteiger partial charge in [0.1, 0.15) is 5.78 Å². The van der Waals surface area contributed by atoms with E-state index in [0.717, 1.165) is 18.7 Å². The van der Waals surface area contributed by atoms with E-state index >= 15 is 0 Å². The molecule has 3 nitrogen and oxygen atoms in total. The van der Waals surface area contributed by atoms with Gasteiger partial charge in [0.25, 0.3) is 0 Å². The van der Waals surface area contributed by atoms with Gasteiger partial charge in [-0.05, 0) is 19.4 Å². The molecular weight excluding hydrogens is 176 g/mol. The van der Waals surface area contributed by atoms with Crippen molar-refractivity contribution in [2.75, 3.05) is 0 Å². The first-order valence-corrected chi connectivity index (χ1v) is 5.18. The van der Waals surface area contributed by atoms with Gasteiger partial charge in [-0.3, -0.25) is 9.48 Å². The minimum atomic E-state index is 0.146. The smallest absolute Gasteiger partial charge is 0.135 e. The van der Waals surface area contributed by atoms with E-state index in [2.05, 4.69) is 12.0 Å². The summed E-state index contributed by atoms with van der Waals surface area (Å²) in [5.74, 6) is 0.474. The van der Waals surface area contributed by atoms with E-state index in [1.807, 2.05) is 24.6 Å². The molecule has 3 heteroatoms. The van der Waals surface area contributed by atoms with E-state index in [0.29, 0.717) is 12.2 Å². The Labute approximate surface area is 85.1 Å². The Hall–Kier alpha value is -1.12. The van der Waals surface area contributed by atoms with Crippen LogP contribution < -0.4 is 0 Å². The number of aryl methyl sites for hydroxylation is 2. The molecule has 0 aliphatic heterocycles. The summed E-state index contributed by atoms with van der Waals surface area (Å²) < 4.78 is 1.94. The molecule has 0 aliphatic carbocycles. The molecule has 0 bridgehead atoms. The second-order valence-electron chi connectivity index (χ2n) is 3.76. The van der Waals surface area contributed by atoms with Crippen molar-refractivity contribution in [3.8, 4) is 0 Å². The van der Waals surface area contributed by atoms with Gasteiger partial charge in [-0.15, -0.1) is 0 Å². The van der Waals surface area contributed by atoms with Crippen molar-refractivity contribution in [2.45, 2.75) is 40.2 Å². The zero-order valence-electron chi connectivity index (χ0n) is 9.16. The van der Waals surface area contributed by atoms with Crippen molar-refractivity contribution in [1.29, 1.82) is 0 Å². The van der Waals surface area contributed by atoms with Crippen molar-refractivity contribution in [3.05, 3.63) is 18.0 Å². The lowest BCUT2D eigenvalue weighted by molar-refractivity contribution is -0.121. The summed E-state index contributed by atoms with van der Waals surface area (Å²) in [5.41, 5.74) is 1.15. The summed E-state index contributed by atoms with van der Waals surface area (Å²) in [6.45, 7) is 6.82. The second kappa shape index (κ2) is 4.94. The van der Waals surface area contributed by atoms with E-state index in [4.69, 9.17) is 0 Å². The fourth-order valence-corrected chi connectivity index (χ4v) is 1.40. The van der Waals surface area contributed by atoms with Gasteiger partial charge in [0.2, 0.25) is 0 Å². The predicted octanol–water partition coefficient (Wildman–Crippen LogP) is 2.06. The minimum Gasteiger partial charge on any atom is -0.299 e. The molecule has 0 N–H and O–H groups in total. The molecule has 0 saturated heterocycles. The average Bonchev–Trinajstić information content (AvgIpc) is 2.60. The minimum absolute atomic E-state index is 0.146. The lowest BCUT2D eigenvalue weighted by Crippen LogP contribution is -2.10. The molecule has 1 aromatic heterocycles. The highest BCUT2D eigenvalue weighted by atomic mass is 16.1. The summed E-state index contributed by atoms with van der Waals surface area (Å²) in [6, 6.07) is 1.98. The number of Topliss-reactive ketones (excluding diaryl/α,β-unsaturated/α-hetero) is 1. The van der Waals surface area contributed by atoms with Crippen molar-refractivity contribution in [2.24, 2.45) is 5.92 Å². The van der Waals surface area contributed by atoms with Crippen LogP contribution >= 0.6 is 0 Å². The predicted molar refractivity (Wildman–Crippen MR) is 56.1 cm³/mol. The number of aromatic nitrogens is 2. The molecule has 0 fully saturated rings. The van der Waals surface area contributed by atoms with E-state index < -0.39 is 0 Å². The first kappa shape index (κ1) is 11.0. The van der Waals surface area contributed by atoms with Gasteiger partial charge in [0.05, 0.1) is 0 Å². The molecule has 0 unspecified atom stereocenters. The molecule has 0 aliphatic rings. The number of carbonyl (C=O) groups is 1. The molecule has 0 aromatic carbocycles. The average molecular weight is 194 g/mol. The maximum Gasteiger partial charge on any atom is 0.135 e. The molecule has 14 heavy (non-hydrogen) atoms. The number of rotatable bonds is 5. The monoisotopic (exact) mass is 194 g/mol. The number of hydrogen-bond donors (Lipinski definition) is 0. The van der Waals surface area contributed by atoms with Gasteiger partial charge in [-0.2, -0.15) is 5.10 Å². The van der Waals surface area contributed by atoms with Crippen molar-refractivity contribution in [3.63, 3.8) is 0 Å². The van der Waals surface area contributed by atoms with Gasteiger partial charge in [0, 0.05) is 30.8 Å². The Balaban J connectivity index is 2.49. The summed E-state index contributed by atoms with van der Waals surface area (Å²) in [4.78, 5) is 11.4. The van der Waals surface area contributed by atoms with Crippen LogP contribution in [0.5, 0.6) is 0 Å². The van der Waals surface area contributed by atoms with Crippen LogP contribution in [0.2, 0.25) is 0 Å². The van der Waals surface area contributed by atoms with Gasteiger partial charge < -0.3 is 0 Å². The van der Waals surface area contributed by atoms with Crippen LogP contribution in [0.3, 0.4) is 0 Å². The molecule has 1 rings (SSSR count). The highest BCUT2D eigenvalue weighted by Crippen LogP contribution is 2.06. The topological polar surface area (TPSA) is 34.9 Å². The SMILES string of the molecule is CCn1nccc1CCC(=O)C(C)C. The largest absolute Gasteiger partial charge is 0.299 e. The van der Waals surface area contributed by atoms with Crippen molar-refractivity contribution < 1.29 is 4.79 Å². The molecule has 0 spiro atoms. The van der Waals surface area contributed by atoms with E-state index in [9.17, 15) is 4.79 Å². The van der Waals surface area contributed by atoms with Crippen LogP contribution in [-0.2, 0) is 17.8 Å². The first-order chi connectivity index (χ1) is 6.65. The van der Waals surface area contributed by atoms with E-state index in [1.165, 1.54) is 0 Å². The third-order valence-corrected chi connectivity index (χ3v) is 2.38. The zero-order valence-corrected chi connectivity index (χ0v) is 9.16. The Morgan fingerprint density at radius 2 is 2.29 bits per heavy atom. The highest BCUT2D eigenvalue weighted by molar-refractivity contribution is 5.80. The number of ketones is 1. The van der Waals surface area contributed by atoms with Gasteiger partial charge >= 0.3 is 0 Å². The third kappa shape index (κ3) is 2.69. The standard InChI is InChI=1S/C11H18N2O/c1-4-13-10(7-8-12-13)5-6-11(14)9(2)3/h7-9H,4-6H2,1-3H3. The Kier molecular flexibility index (Phi) is 3.86. The highest BCUT2D eigenvalue weighted by Gasteiger charge is 2.08. The third-order valence-electron chi connectivity index (χ3n) is 2.38. The van der Waals surface area contributed by atoms with Crippen molar-refractivity contribution >= 4 is 5.78 Å². The lowest BCUT2D eigenvalue weighted by atomic mass is 10.0. The Morgan fingerprint density at radius 1 is 1.57 bits per heavy atom. The maximum atomic E-state index is 11.4. The lowest BCUT2D eigenvalue weighted by Gasteiger charge is -2.05. The van der Waals surface area contributed by atoms with Crippen LogP contribution in [-0.4, -0.2) is 15.6 Å². The zero-order chi connectivity index (χ0) is 10.6. The second-order valence-corrected chi connectivity index (χ2v) is 3.76. The molecule has 78 valence electrons. The van der Waals surface area contributed by atoms with E-state index in [-0.39, 0.29) is 5.92 Å². The quantitative estimate of drug-likeness (QED) is 0.719. The normalized spacial score (nSPS) is 10.9. The summed E-state index contributed by atoms with van der Waals surface area (Å²) in [7, 11) is 0. The van der Waals surface area contributed by atoms with Gasteiger partial charge in [-0.1, -0.05) is 13.8 Å². The van der Waals surface area contributed by atoms with Crippen LogP contribution in [0, 0.1) is 5.92 Å². The molecule has 0 amide bonds. The van der Waals surface area contributed by atoms with Gasteiger partial charge in [-0.25, -0.2) is 0 Å². The fourth-order valence-electron chi connectivity index (χ4n) is 1.40. The van der Waals surface area contributed by atoms with Crippen LogP contribution in [0.25, 0.3) is 0 Å². The Morgan fingerprint density at radius 3 is 2.86 bits per heavy atom. The summed E-state index contributed by atoms with van der Waals surface area (Å²) >= 11 is 0. The molecule has 0 atom stereocenters. The molecular formula is C11H18N2O. The number of hydrogen-bond acceptors (Lipinski definition) is 2. The Bertz CT molecular complexity index is 302. The molecule has 1 heterocycles. The molecule has 1 aromatic rings. The van der Waals surface area contributed by atoms with Crippen LogP contribution in [0.15, 0.2) is 12.3 Å².